The fourth-order valence-electron chi connectivity index (χ4n) is 3.23. The second kappa shape index (κ2) is 9.89. The number of carbonyl (C=O) groups is 2. The van der Waals surface area contributed by atoms with Gasteiger partial charge >= 0.3 is 0 Å². The van der Waals surface area contributed by atoms with E-state index in [1.807, 2.05) is 50.5 Å². The van der Waals surface area contributed by atoms with E-state index in [1.54, 1.807) is 6.08 Å². The van der Waals surface area contributed by atoms with Gasteiger partial charge in [0.05, 0.1) is 0 Å². The molecule has 0 aromatic rings. The first kappa shape index (κ1) is 21.4. The zero-order chi connectivity index (χ0) is 20.7. The van der Waals surface area contributed by atoms with Crippen molar-refractivity contribution in [3.8, 4) is 6.07 Å². The zero-order valence-corrected chi connectivity index (χ0v) is 17.2. The van der Waals surface area contributed by atoms with Crippen LogP contribution in [0, 0.1) is 11.3 Å². The molecule has 2 amide bonds. The van der Waals surface area contributed by atoms with Gasteiger partial charge < -0.3 is 4.90 Å². The van der Waals surface area contributed by atoms with Gasteiger partial charge in [0.2, 0.25) is 0 Å². The molecular weight excluding hydrogens is 350 g/mol. The molecule has 0 N–H and O–H groups in total. The van der Waals surface area contributed by atoms with Crippen molar-refractivity contribution < 1.29 is 9.59 Å². The number of nitriles is 1. The van der Waals surface area contributed by atoms with Crippen LogP contribution in [0.2, 0.25) is 0 Å². The van der Waals surface area contributed by atoms with Crippen molar-refractivity contribution in [2.45, 2.75) is 59.4 Å². The van der Waals surface area contributed by atoms with Crippen molar-refractivity contribution in [1.29, 1.82) is 5.26 Å². The average Bonchev–Trinajstić information content (AvgIpc) is 2.71. The van der Waals surface area contributed by atoms with Crippen molar-refractivity contribution >= 4 is 11.8 Å². The van der Waals surface area contributed by atoms with Gasteiger partial charge in [-0.25, -0.2) is 0 Å². The quantitative estimate of drug-likeness (QED) is 0.486. The van der Waals surface area contributed by atoms with Gasteiger partial charge in [-0.15, -0.1) is 0 Å². The highest BCUT2D eigenvalue weighted by Crippen LogP contribution is 2.29. The first-order valence-electron chi connectivity index (χ1n) is 10.0. The number of nitrogens with zero attached hydrogens (tertiary/aromatic N) is 3. The Morgan fingerprint density at radius 3 is 2.29 bits per heavy atom. The van der Waals surface area contributed by atoms with E-state index in [-0.39, 0.29) is 11.5 Å². The molecule has 0 radical (unpaired) electrons. The highest BCUT2D eigenvalue weighted by Gasteiger charge is 2.35. The minimum absolute atomic E-state index is 0.0947. The summed E-state index contributed by atoms with van der Waals surface area (Å²) in [4.78, 5) is 28.9. The Morgan fingerprint density at radius 1 is 1.07 bits per heavy atom. The molecule has 0 fully saturated rings. The fraction of sp³-hybridized carbons (Fsp3) is 0.435. The third-order valence-corrected chi connectivity index (χ3v) is 5.04. The fourth-order valence-corrected chi connectivity index (χ4v) is 3.23. The summed E-state index contributed by atoms with van der Waals surface area (Å²) in [6.07, 6.45) is 14.7. The van der Waals surface area contributed by atoms with Crippen LogP contribution in [0.15, 0.2) is 59.0 Å². The minimum atomic E-state index is -0.468. The van der Waals surface area contributed by atoms with E-state index < -0.39 is 5.91 Å². The van der Waals surface area contributed by atoms with E-state index in [2.05, 4.69) is 18.7 Å². The van der Waals surface area contributed by atoms with Crippen LogP contribution in [0.1, 0.15) is 53.4 Å². The SMILES string of the molecule is CCCC1=C(C#N)C(=O)N(CCC)C(=O)/C1=C\C=C1C=CN(C(C)CC)C=C1. The van der Waals surface area contributed by atoms with Crippen molar-refractivity contribution in [3.63, 3.8) is 0 Å². The topological polar surface area (TPSA) is 64.4 Å². The minimum Gasteiger partial charge on any atom is -0.352 e. The maximum absolute atomic E-state index is 12.9. The number of rotatable bonds is 7. The summed E-state index contributed by atoms with van der Waals surface area (Å²) in [6.45, 7) is 8.51. The number of hydrogen-bond acceptors (Lipinski definition) is 4. The summed E-state index contributed by atoms with van der Waals surface area (Å²) in [5.74, 6) is -0.777. The Bertz CT molecular complexity index is 805. The summed E-state index contributed by atoms with van der Waals surface area (Å²) >= 11 is 0. The standard InChI is InChI=1S/C23H29N3O2/c1-5-8-19-20(22(27)26(13-6-2)23(28)21(19)16-24)10-9-18-11-14-25(15-12-18)17(4)7-3/h9-12,14-15,17H,5-8,13H2,1-4H3/b20-10-. The lowest BCUT2D eigenvalue weighted by atomic mass is 9.90. The number of carbonyl (C=O) groups excluding carboxylic acids is 2. The van der Waals surface area contributed by atoms with Crippen LogP contribution in [0.3, 0.4) is 0 Å². The van der Waals surface area contributed by atoms with Crippen molar-refractivity contribution in [2.75, 3.05) is 6.54 Å². The van der Waals surface area contributed by atoms with E-state index in [0.717, 1.165) is 18.4 Å². The Hall–Kier alpha value is -2.87. The van der Waals surface area contributed by atoms with Crippen molar-refractivity contribution in [2.24, 2.45) is 0 Å². The first-order chi connectivity index (χ1) is 13.5. The van der Waals surface area contributed by atoms with Gasteiger partial charge in [-0.1, -0.05) is 33.3 Å². The lowest BCUT2D eigenvalue weighted by Gasteiger charge is -2.28. The molecule has 2 heterocycles. The molecule has 5 heteroatoms. The molecule has 2 aliphatic rings. The van der Waals surface area contributed by atoms with E-state index in [4.69, 9.17) is 0 Å². The van der Waals surface area contributed by atoms with Gasteiger partial charge in [-0.2, -0.15) is 5.26 Å². The molecule has 1 atom stereocenters. The molecule has 0 saturated heterocycles. The van der Waals surface area contributed by atoms with Crippen LogP contribution in [-0.4, -0.2) is 34.2 Å². The summed E-state index contributed by atoms with van der Waals surface area (Å²) in [5, 5.41) is 9.53. The summed E-state index contributed by atoms with van der Waals surface area (Å²) < 4.78 is 0. The average molecular weight is 380 g/mol. The maximum atomic E-state index is 12.9. The molecule has 5 nitrogen and oxygen atoms in total. The van der Waals surface area contributed by atoms with Gasteiger partial charge in [-0.3, -0.25) is 14.5 Å². The highest BCUT2D eigenvalue weighted by molar-refractivity contribution is 6.18. The summed E-state index contributed by atoms with van der Waals surface area (Å²) in [6, 6.07) is 2.46. The van der Waals surface area contributed by atoms with Crippen LogP contribution < -0.4 is 0 Å². The molecular formula is C23H29N3O2. The molecule has 0 spiro atoms. The molecule has 0 aliphatic carbocycles. The Balaban J connectivity index is 2.41. The van der Waals surface area contributed by atoms with Crippen molar-refractivity contribution in [3.05, 3.63) is 59.0 Å². The first-order valence-corrected chi connectivity index (χ1v) is 10.0. The van der Waals surface area contributed by atoms with Gasteiger partial charge in [0.25, 0.3) is 11.8 Å². The number of imide groups is 1. The molecule has 0 saturated carbocycles. The van der Waals surface area contributed by atoms with Gasteiger partial charge in [0, 0.05) is 30.6 Å². The van der Waals surface area contributed by atoms with E-state index in [1.165, 1.54) is 4.90 Å². The molecule has 148 valence electrons. The smallest absolute Gasteiger partial charge is 0.271 e. The zero-order valence-electron chi connectivity index (χ0n) is 17.2. The Morgan fingerprint density at radius 2 is 1.75 bits per heavy atom. The van der Waals surface area contributed by atoms with Gasteiger partial charge in [0.1, 0.15) is 11.6 Å². The molecule has 1 unspecified atom stereocenters. The largest absolute Gasteiger partial charge is 0.352 e. The lowest BCUT2D eigenvalue weighted by molar-refractivity contribution is -0.140. The predicted octanol–water partition coefficient (Wildman–Crippen LogP) is 4.38. The van der Waals surface area contributed by atoms with Gasteiger partial charge in [-0.05, 0) is 55.6 Å². The molecule has 0 aromatic heterocycles. The number of amides is 2. The summed E-state index contributed by atoms with van der Waals surface area (Å²) in [7, 11) is 0. The van der Waals surface area contributed by atoms with Crippen LogP contribution in [0.5, 0.6) is 0 Å². The van der Waals surface area contributed by atoms with Crippen LogP contribution in [0.4, 0.5) is 0 Å². The number of hydrogen-bond donors (Lipinski definition) is 0. The lowest BCUT2D eigenvalue weighted by Crippen LogP contribution is -2.43. The van der Waals surface area contributed by atoms with Gasteiger partial charge in [0.15, 0.2) is 0 Å². The van der Waals surface area contributed by atoms with E-state index in [0.29, 0.717) is 36.6 Å². The monoisotopic (exact) mass is 379 g/mol. The Labute approximate surface area is 168 Å². The number of allylic oxidation sites excluding steroid dienone is 5. The molecule has 0 bridgehead atoms. The normalized spacial score (nSPS) is 19.5. The third kappa shape index (κ3) is 4.51. The van der Waals surface area contributed by atoms with Crippen LogP contribution in [0.25, 0.3) is 0 Å². The molecule has 28 heavy (non-hydrogen) atoms. The van der Waals surface area contributed by atoms with Crippen LogP contribution >= 0.6 is 0 Å². The summed E-state index contributed by atoms with van der Waals surface area (Å²) in [5.41, 5.74) is 2.07. The predicted molar refractivity (Wildman–Crippen MR) is 111 cm³/mol. The second-order valence-corrected chi connectivity index (χ2v) is 7.06. The molecule has 0 aromatic carbocycles. The van der Waals surface area contributed by atoms with Crippen molar-refractivity contribution in [1.82, 2.24) is 9.80 Å². The van der Waals surface area contributed by atoms with E-state index >= 15 is 0 Å². The molecule has 2 aliphatic heterocycles. The third-order valence-electron chi connectivity index (χ3n) is 5.04. The van der Waals surface area contributed by atoms with Crippen LogP contribution in [-0.2, 0) is 9.59 Å². The van der Waals surface area contributed by atoms with E-state index in [9.17, 15) is 14.9 Å². The highest BCUT2D eigenvalue weighted by atomic mass is 16.2. The molecule has 2 rings (SSSR count). The maximum Gasteiger partial charge on any atom is 0.271 e. The Kier molecular flexibility index (Phi) is 7.57. The second-order valence-electron chi connectivity index (χ2n) is 7.06.